The monoisotopic (exact) mass is 248 g/mol. The van der Waals surface area contributed by atoms with Gasteiger partial charge in [-0.1, -0.05) is 12.1 Å². The Kier molecular flexibility index (Phi) is 4.12. The van der Waals surface area contributed by atoms with E-state index in [2.05, 4.69) is 22.6 Å². The number of nitrogens with zero attached hydrogens (tertiary/aromatic N) is 1. The van der Waals surface area contributed by atoms with Crippen LogP contribution in [0.5, 0.6) is 5.75 Å². The Morgan fingerprint density at radius 3 is 2.76 bits per heavy atom. The van der Waals surface area contributed by atoms with Crippen molar-refractivity contribution in [1.82, 2.24) is 10.3 Å². The third-order valence-electron chi connectivity index (χ3n) is 2.71. The second-order valence-corrected chi connectivity index (χ2v) is 4.72. The van der Waals surface area contributed by atoms with Crippen molar-refractivity contribution < 1.29 is 5.11 Å². The van der Waals surface area contributed by atoms with E-state index in [1.165, 1.54) is 5.56 Å². The summed E-state index contributed by atoms with van der Waals surface area (Å²) < 4.78 is 0. The molecule has 1 heterocycles. The van der Waals surface area contributed by atoms with Gasteiger partial charge in [0.2, 0.25) is 0 Å². The lowest BCUT2D eigenvalue weighted by Gasteiger charge is -2.13. The standard InChI is InChI=1S/C13H16N2OS/c1-10(11-2-4-13(16)5-3-11)14-7-6-12-8-17-9-15-12/h2-5,8-10,14,16H,6-7H2,1H3. The lowest BCUT2D eigenvalue weighted by molar-refractivity contribution is 0.474. The average molecular weight is 248 g/mol. The van der Waals surface area contributed by atoms with Crippen molar-refractivity contribution in [3.63, 3.8) is 0 Å². The quantitative estimate of drug-likeness (QED) is 0.855. The first-order valence-electron chi connectivity index (χ1n) is 5.65. The Hall–Kier alpha value is -1.39. The minimum absolute atomic E-state index is 0.286. The van der Waals surface area contributed by atoms with Crippen LogP contribution in [-0.4, -0.2) is 16.6 Å². The SMILES string of the molecule is CC(NCCc1cscn1)c1ccc(O)cc1. The van der Waals surface area contributed by atoms with Crippen LogP contribution in [0.2, 0.25) is 0 Å². The van der Waals surface area contributed by atoms with Gasteiger partial charge in [-0.15, -0.1) is 11.3 Å². The highest BCUT2D eigenvalue weighted by atomic mass is 32.1. The summed E-state index contributed by atoms with van der Waals surface area (Å²) in [6.45, 7) is 3.03. The van der Waals surface area contributed by atoms with E-state index < -0.39 is 0 Å². The fraction of sp³-hybridized carbons (Fsp3) is 0.308. The predicted molar refractivity (Wildman–Crippen MR) is 70.3 cm³/mol. The van der Waals surface area contributed by atoms with E-state index in [-0.39, 0.29) is 6.04 Å². The Bertz CT molecular complexity index is 439. The summed E-state index contributed by atoms with van der Waals surface area (Å²) in [5, 5.41) is 14.7. The predicted octanol–water partition coefficient (Wildman–Crippen LogP) is 2.74. The zero-order valence-electron chi connectivity index (χ0n) is 9.76. The molecule has 1 atom stereocenters. The van der Waals surface area contributed by atoms with Crippen LogP contribution in [-0.2, 0) is 6.42 Å². The Morgan fingerprint density at radius 1 is 1.35 bits per heavy atom. The summed E-state index contributed by atoms with van der Waals surface area (Å²) in [5.41, 5.74) is 4.18. The first kappa shape index (κ1) is 12.1. The minimum Gasteiger partial charge on any atom is -0.508 e. The van der Waals surface area contributed by atoms with Gasteiger partial charge in [0, 0.05) is 24.4 Å². The van der Waals surface area contributed by atoms with Gasteiger partial charge in [0.25, 0.3) is 0 Å². The number of aromatic nitrogens is 1. The van der Waals surface area contributed by atoms with Crippen LogP contribution in [0, 0.1) is 0 Å². The third-order valence-corrected chi connectivity index (χ3v) is 3.34. The van der Waals surface area contributed by atoms with Gasteiger partial charge in [0.05, 0.1) is 11.2 Å². The zero-order valence-corrected chi connectivity index (χ0v) is 10.6. The highest BCUT2D eigenvalue weighted by Gasteiger charge is 2.04. The molecular weight excluding hydrogens is 232 g/mol. The molecule has 0 bridgehead atoms. The number of hydrogen-bond donors (Lipinski definition) is 2. The van der Waals surface area contributed by atoms with Crippen molar-refractivity contribution in [2.24, 2.45) is 0 Å². The molecular formula is C13H16N2OS. The molecule has 0 spiro atoms. The number of thiazole rings is 1. The van der Waals surface area contributed by atoms with Crippen molar-refractivity contribution in [2.75, 3.05) is 6.54 Å². The number of rotatable bonds is 5. The van der Waals surface area contributed by atoms with Gasteiger partial charge < -0.3 is 10.4 Å². The van der Waals surface area contributed by atoms with Crippen LogP contribution in [0.4, 0.5) is 0 Å². The Labute approximate surface area is 105 Å². The normalized spacial score (nSPS) is 12.5. The van der Waals surface area contributed by atoms with Crippen LogP contribution in [0.15, 0.2) is 35.2 Å². The molecule has 2 N–H and O–H groups in total. The zero-order chi connectivity index (χ0) is 12.1. The summed E-state index contributed by atoms with van der Waals surface area (Å²) in [4.78, 5) is 4.24. The smallest absolute Gasteiger partial charge is 0.115 e. The first-order chi connectivity index (χ1) is 8.25. The van der Waals surface area contributed by atoms with E-state index in [9.17, 15) is 5.11 Å². The maximum Gasteiger partial charge on any atom is 0.115 e. The van der Waals surface area contributed by atoms with Gasteiger partial charge in [0.1, 0.15) is 5.75 Å². The molecule has 1 unspecified atom stereocenters. The Morgan fingerprint density at radius 2 is 2.12 bits per heavy atom. The lowest BCUT2D eigenvalue weighted by atomic mass is 10.1. The molecule has 0 saturated carbocycles. The molecule has 90 valence electrons. The van der Waals surface area contributed by atoms with Gasteiger partial charge in [-0.05, 0) is 24.6 Å². The van der Waals surface area contributed by atoms with Gasteiger partial charge in [-0.3, -0.25) is 0 Å². The van der Waals surface area contributed by atoms with Gasteiger partial charge >= 0.3 is 0 Å². The number of nitrogens with one attached hydrogen (secondary N) is 1. The maximum absolute atomic E-state index is 9.21. The largest absolute Gasteiger partial charge is 0.508 e. The van der Waals surface area contributed by atoms with E-state index in [4.69, 9.17) is 0 Å². The summed E-state index contributed by atoms with van der Waals surface area (Å²) in [5.74, 6) is 0.309. The van der Waals surface area contributed by atoms with Crippen molar-refractivity contribution >= 4 is 11.3 Å². The minimum atomic E-state index is 0.286. The molecule has 1 aromatic carbocycles. The molecule has 17 heavy (non-hydrogen) atoms. The van der Waals surface area contributed by atoms with Gasteiger partial charge in [0.15, 0.2) is 0 Å². The molecule has 2 rings (SSSR count). The first-order valence-corrected chi connectivity index (χ1v) is 6.59. The molecule has 1 aromatic heterocycles. The molecule has 0 fully saturated rings. The van der Waals surface area contributed by atoms with Crippen LogP contribution < -0.4 is 5.32 Å². The molecule has 0 amide bonds. The summed E-state index contributed by atoms with van der Waals surface area (Å²) in [6.07, 6.45) is 0.950. The second kappa shape index (κ2) is 5.80. The van der Waals surface area contributed by atoms with E-state index in [0.717, 1.165) is 18.7 Å². The van der Waals surface area contributed by atoms with Crippen LogP contribution in [0.1, 0.15) is 24.2 Å². The molecule has 0 aliphatic rings. The van der Waals surface area contributed by atoms with Crippen LogP contribution in [0.25, 0.3) is 0 Å². The molecule has 4 heteroatoms. The van der Waals surface area contributed by atoms with Crippen molar-refractivity contribution in [2.45, 2.75) is 19.4 Å². The summed E-state index contributed by atoms with van der Waals surface area (Å²) in [6, 6.07) is 7.60. The lowest BCUT2D eigenvalue weighted by Crippen LogP contribution is -2.21. The fourth-order valence-corrected chi connectivity index (χ4v) is 2.25. The van der Waals surface area contributed by atoms with Crippen LogP contribution >= 0.6 is 11.3 Å². The highest BCUT2D eigenvalue weighted by molar-refractivity contribution is 7.07. The van der Waals surface area contributed by atoms with E-state index in [1.54, 1.807) is 23.5 Å². The topological polar surface area (TPSA) is 45.2 Å². The van der Waals surface area contributed by atoms with Gasteiger partial charge in [-0.25, -0.2) is 4.98 Å². The third kappa shape index (κ3) is 3.54. The highest BCUT2D eigenvalue weighted by Crippen LogP contribution is 2.16. The molecule has 2 aromatic rings. The van der Waals surface area contributed by atoms with E-state index in [1.807, 2.05) is 17.6 Å². The Balaban J connectivity index is 1.81. The number of phenols is 1. The van der Waals surface area contributed by atoms with Crippen molar-refractivity contribution in [1.29, 1.82) is 0 Å². The molecule has 3 nitrogen and oxygen atoms in total. The molecule has 0 radical (unpaired) electrons. The summed E-state index contributed by atoms with van der Waals surface area (Å²) in [7, 11) is 0. The molecule has 0 aliphatic carbocycles. The number of aromatic hydroxyl groups is 1. The second-order valence-electron chi connectivity index (χ2n) is 4.00. The summed E-state index contributed by atoms with van der Waals surface area (Å²) >= 11 is 1.63. The molecule has 0 saturated heterocycles. The van der Waals surface area contributed by atoms with Crippen molar-refractivity contribution in [3.8, 4) is 5.75 Å². The molecule has 0 aliphatic heterocycles. The van der Waals surface area contributed by atoms with Crippen LogP contribution in [0.3, 0.4) is 0 Å². The van der Waals surface area contributed by atoms with Crippen molar-refractivity contribution in [3.05, 3.63) is 46.4 Å². The average Bonchev–Trinajstić information content (AvgIpc) is 2.83. The number of benzene rings is 1. The number of phenolic OH excluding ortho intramolecular Hbond substituents is 1. The van der Waals surface area contributed by atoms with E-state index in [0.29, 0.717) is 5.75 Å². The fourth-order valence-electron chi connectivity index (χ4n) is 1.66. The number of hydrogen-bond acceptors (Lipinski definition) is 4. The van der Waals surface area contributed by atoms with Gasteiger partial charge in [-0.2, -0.15) is 0 Å². The van der Waals surface area contributed by atoms with E-state index >= 15 is 0 Å². The maximum atomic E-state index is 9.21.